The molecule has 1 aliphatic heterocycles. The molecule has 4 rings (SSSR count). The molecule has 0 aliphatic carbocycles. The number of allylic oxidation sites excluding steroid dienone is 3. The van der Waals surface area contributed by atoms with Gasteiger partial charge in [-0.1, -0.05) is 73.1 Å². The molecule has 37 heavy (non-hydrogen) atoms. The maximum absolute atomic E-state index is 6.22. The lowest BCUT2D eigenvalue weighted by atomic mass is 9.96. The zero-order valence-corrected chi connectivity index (χ0v) is 23.1. The van der Waals surface area contributed by atoms with Gasteiger partial charge in [-0.05, 0) is 54.8 Å². The SMILES string of the molecule is C=C(/C=C\C(Cl)=C/C)C(c1ccc(Cl)cc1)N1CCN(Cc2nc(NCCC)c3ccccc3n2)CC1. The van der Waals surface area contributed by atoms with Crippen molar-refractivity contribution >= 4 is 39.9 Å². The Balaban J connectivity index is 1.48. The van der Waals surface area contributed by atoms with Crippen molar-refractivity contribution in [3.05, 3.63) is 100 Å². The fraction of sp³-hybridized carbons (Fsp3) is 0.333. The molecule has 0 bridgehead atoms. The molecule has 1 saturated heterocycles. The van der Waals surface area contributed by atoms with Crippen LogP contribution in [0.25, 0.3) is 10.9 Å². The number of fused-ring (bicyclic) bond motifs is 1. The van der Waals surface area contributed by atoms with Crippen LogP contribution in [-0.4, -0.2) is 52.5 Å². The van der Waals surface area contributed by atoms with Crippen molar-refractivity contribution in [1.82, 2.24) is 19.8 Å². The second-order valence-electron chi connectivity index (χ2n) is 9.28. The Bertz CT molecular complexity index is 1260. The molecule has 0 radical (unpaired) electrons. The number of halogens is 2. The van der Waals surface area contributed by atoms with Crippen LogP contribution in [0.4, 0.5) is 5.82 Å². The number of nitrogens with one attached hydrogen (secondary N) is 1. The van der Waals surface area contributed by atoms with E-state index in [9.17, 15) is 0 Å². The first kappa shape index (κ1) is 27.3. The minimum atomic E-state index is 0.0544. The Morgan fingerprint density at radius 3 is 2.49 bits per heavy atom. The van der Waals surface area contributed by atoms with Crippen molar-refractivity contribution in [2.45, 2.75) is 32.9 Å². The Morgan fingerprint density at radius 2 is 1.78 bits per heavy atom. The molecule has 1 unspecified atom stereocenters. The van der Waals surface area contributed by atoms with E-state index in [-0.39, 0.29) is 6.04 Å². The van der Waals surface area contributed by atoms with Gasteiger partial charge in [0.05, 0.1) is 18.1 Å². The molecule has 5 nitrogen and oxygen atoms in total. The number of benzene rings is 2. The number of para-hydroxylation sites is 1. The van der Waals surface area contributed by atoms with Gasteiger partial charge in [-0.2, -0.15) is 0 Å². The Kier molecular flexibility index (Phi) is 9.75. The summed E-state index contributed by atoms with van der Waals surface area (Å²) < 4.78 is 0. The van der Waals surface area contributed by atoms with Gasteiger partial charge < -0.3 is 5.32 Å². The van der Waals surface area contributed by atoms with Crippen LogP contribution in [0.2, 0.25) is 5.02 Å². The Morgan fingerprint density at radius 1 is 1.05 bits per heavy atom. The summed E-state index contributed by atoms with van der Waals surface area (Å²) in [4.78, 5) is 14.7. The molecule has 3 aromatic rings. The van der Waals surface area contributed by atoms with Crippen LogP contribution in [0.3, 0.4) is 0 Å². The van der Waals surface area contributed by atoms with Crippen molar-refractivity contribution in [3.8, 4) is 0 Å². The fourth-order valence-electron chi connectivity index (χ4n) is 4.63. The summed E-state index contributed by atoms with van der Waals surface area (Å²) in [5.74, 6) is 1.78. The van der Waals surface area contributed by atoms with Crippen LogP contribution in [0, 0.1) is 0 Å². The topological polar surface area (TPSA) is 44.3 Å². The van der Waals surface area contributed by atoms with Gasteiger partial charge in [0.15, 0.2) is 0 Å². The second-order valence-corrected chi connectivity index (χ2v) is 10.2. The maximum atomic E-state index is 6.22. The Hall–Kier alpha value is -2.70. The predicted molar refractivity (Wildman–Crippen MR) is 157 cm³/mol. The molecule has 1 N–H and O–H groups in total. The molecular formula is C30H35Cl2N5. The van der Waals surface area contributed by atoms with E-state index in [0.717, 1.165) is 78.8 Å². The molecule has 1 aromatic heterocycles. The summed E-state index contributed by atoms with van der Waals surface area (Å²) in [6.07, 6.45) is 6.84. The molecular weight excluding hydrogens is 501 g/mol. The standard InChI is InChI=1S/C30H35Cl2N5/c1-4-16-33-30-26-8-6-7-9-27(26)34-28(35-30)21-36-17-19-37(20-18-36)29(22(3)10-13-24(31)5-2)23-11-14-25(32)15-12-23/h5-15,29H,3-4,16-21H2,1-2H3,(H,33,34,35)/b13-10-,24-5+. The number of aromatic nitrogens is 2. The quantitative estimate of drug-likeness (QED) is 0.277. The average Bonchev–Trinajstić information content (AvgIpc) is 2.92. The highest BCUT2D eigenvalue weighted by Gasteiger charge is 2.27. The maximum Gasteiger partial charge on any atom is 0.145 e. The summed E-state index contributed by atoms with van der Waals surface area (Å²) in [6.45, 7) is 13.8. The summed E-state index contributed by atoms with van der Waals surface area (Å²) in [7, 11) is 0. The van der Waals surface area contributed by atoms with E-state index in [1.807, 2.05) is 49.4 Å². The molecule has 0 saturated carbocycles. The van der Waals surface area contributed by atoms with E-state index in [1.165, 1.54) is 5.56 Å². The Labute approximate surface area is 230 Å². The molecule has 0 amide bonds. The van der Waals surface area contributed by atoms with Gasteiger partial charge in [0.2, 0.25) is 0 Å². The second kappa shape index (κ2) is 13.2. The van der Waals surface area contributed by atoms with Crippen LogP contribution in [-0.2, 0) is 6.54 Å². The number of anilines is 1. The van der Waals surface area contributed by atoms with Crippen molar-refractivity contribution in [3.63, 3.8) is 0 Å². The third-order valence-electron chi connectivity index (χ3n) is 6.60. The number of piperazine rings is 1. The first-order chi connectivity index (χ1) is 18.0. The van der Waals surface area contributed by atoms with E-state index in [0.29, 0.717) is 5.03 Å². The largest absolute Gasteiger partial charge is 0.369 e. The van der Waals surface area contributed by atoms with E-state index >= 15 is 0 Å². The molecule has 1 aliphatic rings. The number of rotatable bonds is 10. The minimum absolute atomic E-state index is 0.0544. The molecule has 7 heteroatoms. The van der Waals surface area contributed by atoms with Crippen molar-refractivity contribution in [2.75, 3.05) is 38.0 Å². The smallest absolute Gasteiger partial charge is 0.145 e. The summed E-state index contributed by atoms with van der Waals surface area (Å²) in [5, 5.41) is 5.98. The van der Waals surface area contributed by atoms with Gasteiger partial charge in [0.1, 0.15) is 11.6 Å². The minimum Gasteiger partial charge on any atom is -0.369 e. The molecule has 194 valence electrons. The molecule has 1 atom stereocenters. The van der Waals surface area contributed by atoms with Crippen LogP contribution >= 0.6 is 23.2 Å². The van der Waals surface area contributed by atoms with Crippen molar-refractivity contribution in [1.29, 1.82) is 0 Å². The van der Waals surface area contributed by atoms with Gasteiger partial charge >= 0.3 is 0 Å². The zero-order chi connectivity index (χ0) is 26.2. The first-order valence-corrected chi connectivity index (χ1v) is 13.6. The molecule has 2 heterocycles. The van der Waals surface area contributed by atoms with Crippen LogP contribution in [0.1, 0.15) is 37.7 Å². The molecule has 1 fully saturated rings. The fourth-order valence-corrected chi connectivity index (χ4v) is 4.82. The zero-order valence-electron chi connectivity index (χ0n) is 21.6. The number of hydrogen-bond acceptors (Lipinski definition) is 5. The number of nitrogens with zero attached hydrogens (tertiary/aromatic N) is 4. The average molecular weight is 537 g/mol. The highest BCUT2D eigenvalue weighted by molar-refractivity contribution is 6.31. The summed E-state index contributed by atoms with van der Waals surface area (Å²) in [6, 6.07) is 16.3. The highest BCUT2D eigenvalue weighted by atomic mass is 35.5. The van der Waals surface area contributed by atoms with Crippen LogP contribution in [0.15, 0.2) is 83.9 Å². The highest BCUT2D eigenvalue weighted by Crippen LogP contribution is 2.31. The van der Waals surface area contributed by atoms with E-state index in [4.69, 9.17) is 33.2 Å². The summed E-state index contributed by atoms with van der Waals surface area (Å²) in [5.41, 5.74) is 3.16. The number of hydrogen-bond donors (Lipinski definition) is 1. The monoisotopic (exact) mass is 535 g/mol. The third kappa shape index (κ3) is 7.20. The lowest BCUT2D eigenvalue weighted by molar-refractivity contribution is 0.103. The van der Waals surface area contributed by atoms with Gasteiger partial charge in [0.25, 0.3) is 0 Å². The lowest BCUT2D eigenvalue weighted by Crippen LogP contribution is -2.47. The first-order valence-electron chi connectivity index (χ1n) is 12.9. The van der Waals surface area contributed by atoms with Gasteiger partial charge in [-0.15, -0.1) is 0 Å². The van der Waals surface area contributed by atoms with Gasteiger partial charge in [-0.3, -0.25) is 9.80 Å². The van der Waals surface area contributed by atoms with E-state index < -0.39 is 0 Å². The van der Waals surface area contributed by atoms with Gasteiger partial charge in [-0.25, -0.2) is 9.97 Å². The molecule has 0 spiro atoms. The van der Waals surface area contributed by atoms with E-state index in [2.05, 4.69) is 52.9 Å². The van der Waals surface area contributed by atoms with E-state index in [1.54, 1.807) is 0 Å². The van der Waals surface area contributed by atoms with Crippen molar-refractivity contribution < 1.29 is 0 Å². The lowest BCUT2D eigenvalue weighted by Gasteiger charge is -2.39. The van der Waals surface area contributed by atoms with Crippen molar-refractivity contribution in [2.24, 2.45) is 0 Å². The third-order valence-corrected chi connectivity index (χ3v) is 7.19. The summed E-state index contributed by atoms with van der Waals surface area (Å²) >= 11 is 12.4. The molecule has 2 aromatic carbocycles. The van der Waals surface area contributed by atoms with Crippen LogP contribution in [0.5, 0.6) is 0 Å². The predicted octanol–water partition coefficient (Wildman–Crippen LogP) is 7.22. The van der Waals surface area contributed by atoms with Gasteiger partial charge in [0, 0.05) is 48.2 Å². The van der Waals surface area contributed by atoms with Crippen LogP contribution < -0.4 is 5.32 Å². The normalized spacial score (nSPS) is 16.4.